The monoisotopic (exact) mass is 358 g/mol. The van der Waals surface area contributed by atoms with Crippen LogP contribution in [-0.4, -0.2) is 29.9 Å². The molecule has 1 aromatic carbocycles. The molecule has 2 N–H and O–H groups in total. The number of nitrogens with one attached hydrogen (secondary N) is 2. The lowest BCUT2D eigenvalue weighted by atomic mass is 9.89. The molecule has 1 aliphatic rings. The summed E-state index contributed by atoms with van der Waals surface area (Å²) in [7, 11) is 0. The highest BCUT2D eigenvalue weighted by molar-refractivity contribution is 5.67. The Hall–Kier alpha value is -1.76. The molecule has 0 bridgehead atoms. The van der Waals surface area contributed by atoms with Gasteiger partial charge in [0.25, 0.3) is 0 Å². The van der Waals surface area contributed by atoms with Crippen molar-refractivity contribution in [3.05, 3.63) is 35.9 Å². The van der Waals surface area contributed by atoms with Crippen molar-refractivity contribution in [1.82, 2.24) is 10.6 Å². The van der Waals surface area contributed by atoms with Gasteiger partial charge < -0.3 is 15.4 Å². The minimum Gasteiger partial charge on any atom is -0.445 e. The maximum absolute atomic E-state index is 12.9. The fourth-order valence-corrected chi connectivity index (χ4v) is 2.91. The predicted octanol–water partition coefficient (Wildman–Crippen LogP) is 4.15. The Morgan fingerprint density at radius 1 is 1.08 bits per heavy atom. The Bertz CT molecular complexity index is 553. The van der Waals surface area contributed by atoms with Crippen molar-refractivity contribution < 1.29 is 22.7 Å². The first-order chi connectivity index (χ1) is 11.7. The molecule has 140 valence electrons. The third-order valence-electron chi connectivity index (χ3n) is 4.54. The summed E-state index contributed by atoms with van der Waals surface area (Å²) in [6, 6.07) is 9.10. The van der Waals surface area contributed by atoms with Gasteiger partial charge in [0.05, 0.1) is 0 Å². The molecular formula is C18H25F3N2O2. The highest BCUT2D eigenvalue weighted by Gasteiger charge is 2.48. The lowest BCUT2D eigenvalue weighted by Crippen LogP contribution is -2.57. The molecular weight excluding hydrogens is 333 g/mol. The third-order valence-corrected chi connectivity index (χ3v) is 4.54. The average molecular weight is 358 g/mol. The molecule has 0 unspecified atom stereocenters. The molecule has 1 aliphatic carbocycles. The van der Waals surface area contributed by atoms with Gasteiger partial charge in [-0.05, 0) is 45.1 Å². The molecule has 0 atom stereocenters. The minimum absolute atomic E-state index is 0.0599. The summed E-state index contributed by atoms with van der Waals surface area (Å²) in [5.41, 5.74) is -1.01. The zero-order valence-corrected chi connectivity index (χ0v) is 14.5. The van der Waals surface area contributed by atoms with Gasteiger partial charge >= 0.3 is 12.3 Å². The normalized spacial score (nSPS) is 21.6. The van der Waals surface area contributed by atoms with Crippen molar-refractivity contribution in [1.29, 1.82) is 0 Å². The van der Waals surface area contributed by atoms with Gasteiger partial charge in [0.1, 0.15) is 12.1 Å². The minimum atomic E-state index is -4.29. The van der Waals surface area contributed by atoms with Crippen LogP contribution < -0.4 is 10.6 Å². The molecule has 25 heavy (non-hydrogen) atoms. The zero-order valence-electron chi connectivity index (χ0n) is 14.5. The Kier molecular flexibility index (Phi) is 6.32. The molecule has 7 heteroatoms. The van der Waals surface area contributed by atoms with Gasteiger partial charge in [-0.3, -0.25) is 0 Å². The Morgan fingerprint density at radius 3 is 2.20 bits per heavy atom. The number of alkyl halides is 3. The maximum atomic E-state index is 12.9. The second-order valence-electron chi connectivity index (χ2n) is 7.02. The summed E-state index contributed by atoms with van der Waals surface area (Å²) in [5, 5.41) is 5.48. The molecule has 1 amide bonds. The van der Waals surface area contributed by atoms with E-state index in [0.29, 0.717) is 25.7 Å². The van der Waals surface area contributed by atoms with E-state index in [4.69, 9.17) is 4.74 Å². The molecule has 1 aromatic rings. The molecule has 0 radical (unpaired) electrons. The first-order valence-corrected chi connectivity index (χ1v) is 8.49. The van der Waals surface area contributed by atoms with Crippen molar-refractivity contribution in [3.63, 3.8) is 0 Å². The van der Waals surface area contributed by atoms with Crippen LogP contribution in [0.4, 0.5) is 18.0 Å². The quantitative estimate of drug-likeness (QED) is 0.831. The van der Waals surface area contributed by atoms with Crippen LogP contribution in [0.1, 0.15) is 45.1 Å². The van der Waals surface area contributed by atoms with Crippen LogP contribution in [0.15, 0.2) is 30.3 Å². The molecule has 2 rings (SSSR count). The molecule has 0 heterocycles. The van der Waals surface area contributed by atoms with E-state index in [-0.39, 0.29) is 18.7 Å². The van der Waals surface area contributed by atoms with Crippen molar-refractivity contribution in [2.45, 2.75) is 69.9 Å². The number of alkyl carbamates (subject to hydrolysis) is 1. The SMILES string of the molecule is CC(C)(NC1CCC(NC(=O)OCc2ccccc2)CC1)C(F)(F)F. The zero-order chi connectivity index (χ0) is 18.5. The number of hydrogen-bond donors (Lipinski definition) is 2. The molecule has 1 fully saturated rings. The highest BCUT2D eigenvalue weighted by Crippen LogP contribution is 2.31. The van der Waals surface area contributed by atoms with Crippen LogP contribution in [0.3, 0.4) is 0 Å². The summed E-state index contributed by atoms with van der Waals surface area (Å²) in [6.07, 6.45) is -2.34. The number of benzene rings is 1. The predicted molar refractivity (Wildman–Crippen MR) is 89.1 cm³/mol. The van der Waals surface area contributed by atoms with E-state index < -0.39 is 17.8 Å². The summed E-state index contributed by atoms with van der Waals surface area (Å²) in [4.78, 5) is 11.8. The van der Waals surface area contributed by atoms with E-state index in [2.05, 4.69) is 10.6 Å². The van der Waals surface area contributed by atoms with Crippen molar-refractivity contribution in [2.24, 2.45) is 0 Å². The molecule has 0 aromatic heterocycles. The fourth-order valence-electron chi connectivity index (χ4n) is 2.91. The lowest BCUT2D eigenvalue weighted by Gasteiger charge is -2.37. The van der Waals surface area contributed by atoms with Crippen molar-refractivity contribution >= 4 is 6.09 Å². The van der Waals surface area contributed by atoms with Crippen LogP contribution in [0.2, 0.25) is 0 Å². The number of carbonyl (C=O) groups is 1. The number of rotatable bonds is 5. The number of hydrogen-bond acceptors (Lipinski definition) is 3. The molecule has 1 saturated carbocycles. The van der Waals surface area contributed by atoms with Gasteiger partial charge in [-0.1, -0.05) is 30.3 Å². The van der Waals surface area contributed by atoms with Crippen LogP contribution in [0.25, 0.3) is 0 Å². The number of halogens is 3. The smallest absolute Gasteiger partial charge is 0.407 e. The van der Waals surface area contributed by atoms with E-state index in [0.717, 1.165) is 19.4 Å². The lowest BCUT2D eigenvalue weighted by molar-refractivity contribution is -0.188. The fraction of sp³-hybridized carbons (Fsp3) is 0.611. The van der Waals surface area contributed by atoms with Crippen molar-refractivity contribution in [2.75, 3.05) is 0 Å². The van der Waals surface area contributed by atoms with Gasteiger partial charge in [-0.2, -0.15) is 13.2 Å². The van der Waals surface area contributed by atoms with Crippen LogP contribution in [-0.2, 0) is 11.3 Å². The van der Waals surface area contributed by atoms with Crippen molar-refractivity contribution in [3.8, 4) is 0 Å². The number of carbonyl (C=O) groups excluding carboxylic acids is 1. The first-order valence-electron chi connectivity index (χ1n) is 8.49. The van der Waals surface area contributed by atoms with E-state index in [1.54, 1.807) is 0 Å². The molecule has 0 aliphatic heterocycles. The largest absolute Gasteiger partial charge is 0.445 e. The molecule has 0 spiro atoms. The number of amides is 1. The standard InChI is InChI=1S/C18H25F3N2O2/c1-17(2,18(19,20)21)23-15-10-8-14(9-11-15)22-16(24)25-12-13-6-4-3-5-7-13/h3-7,14-15,23H,8-12H2,1-2H3,(H,22,24). The van der Waals surface area contributed by atoms with Crippen LogP contribution >= 0.6 is 0 Å². The summed E-state index contributed by atoms with van der Waals surface area (Å²) < 4.78 is 43.9. The van der Waals surface area contributed by atoms with Gasteiger partial charge in [0.2, 0.25) is 0 Å². The second kappa shape index (κ2) is 8.08. The third kappa shape index (κ3) is 5.92. The van der Waals surface area contributed by atoms with Gasteiger partial charge in [-0.25, -0.2) is 4.79 Å². The first kappa shape index (κ1) is 19.6. The topological polar surface area (TPSA) is 50.4 Å². The van der Waals surface area contributed by atoms with Gasteiger partial charge in [0, 0.05) is 12.1 Å². The summed E-state index contributed by atoms with van der Waals surface area (Å²) in [6.45, 7) is 2.50. The van der Waals surface area contributed by atoms with E-state index in [9.17, 15) is 18.0 Å². The van der Waals surface area contributed by atoms with Crippen LogP contribution in [0, 0.1) is 0 Å². The second-order valence-corrected chi connectivity index (χ2v) is 7.02. The van der Waals surface area contributed by atoms with Gasteiger partial charge in [-0.15, -0.1) is 0 Å². The molecule has 0 saturated heterocycles. The highest BCUT2D eigenvalue weighted by atomic mass is 19.4. The number of ether oxygens (including phenoxy) is 1. The maximum Gasteiger partial charge on any atom is 0.407 e. The Morgan fingerprint density at radius 2 is 1.64 bits per heavy atom. The summed E-state index contributed by atoms with van der Waals surface area (Å²) in [5.74, 6) is 0. The Balaban J connectivity index is 1.70. The molecule has 4 nitrogen and oxygen atoms in total. The Labute approximate surface area is 146 Å². The van der Waals surface area contributed by atoms with Gasteiger partial charge in [0.15, 0.2) is 0 Å². The summed E-state index contributed by atoms with van der Waals surface area (Å²) >= 11 is 0. The average Bonchev–Trinajstić information content (AvgIpc) is 2.54. The van der Waals surface area contributed by atoms with E-state index in [1.807, 2.05) is 30.3 Å². The van der Waals surface area contributed by atoms with E-state index >= 15 is 0 Å². The van der Waals surface area contributed by atoms with Crippen LogP contribution in [0.5, 0.6) is 0 Å². The van der Waals surface area contributed by atoms with E-state index in [1.165, 1.54) is 0 Å².